The monoisotopic (exact) mass is 192 g/mol. The van der Waals surface area contributed by atoms with Crippen molar-refractivity contribution in [3.05, 3.63) is 59.0 Å². The SMILES string of the molecule is Clc1ccc(Cc2ccco2)cc1. The first-order valence-corrected chi connectivity index (χ1v) is 4.49. The molecule has 1 nitrogen and oxygen atoms in total. The minimum absolute atomic E-state index is 0.767. The van der Waals surface area contributed by atoms with Crippen LogP contribution < -0.4 is 0 Å². The Morgan fingerprint density at radius 3 is 2.46 bits per heavy atom. The average molecular weight is 193 g/mol. The summed E-state index contributed by atoms with van der Waals surface area (Å²) < 4.78 is 5.23. The molecule has 1 aromatic heterocycles. The molecule has 0 saturated heterocycles. The highest BCUT2D eigenvalue weighted by molar-refractivity contribution is 6.30. The van der Waals surface area contributed by atoms with Crippen LogP contribution in [-0.2, 0) is 6.42 Å². The first-order chi connectivity index (χ1) is 6.34. The number of hydrogen-bond acceptors (Lipinski definition) is 1. The largest absolute Gasteiger partial charge is 0.469 e. The van der Waals surface area contributed by atoms with E-state index in [0.29, 0.717) is 0 Å². The molecule has 0 fully saturated rings. The molecule has 0 amide bonds. The maximum absolute atomic E-state index is 5.77. The van der Waals surface area contributed by atoms with Gasteiger partial charge in [-0.05, 0) is 29.8 Å². The van der Waals surface area contributed by atoms with Gasteiger partial charge in [-0.25, -0.2) is 0 Å². The summed E-state index contributed by atoms with van der Waals surface area (Å²) in [6.07, 6.45) is 2.51. The quantitative estimate of drug-likeness (QED) is 0.710. The summed E-state index contributed by atoms with van der Waals surface area (Å²) in [5.74, 6) is 0.974. The highest BCUT2D eigenvalue weighted by Gasteiger charge is 1.97. The lowest BCUT2D eigenvalue weighted by Crippen LogP contribution is -1.83. The van der Waals surface area contributed by atoms with Crippen molar-refractivity contribution in [2.24, 2.45) is 0 Å². The van der Waals surface area contributed by atoms with E-state index in [1.807, 2.05) is 36.4 Å². The fraction of sp³-hybridized carbons (Fsp3) is 0.0909. The maximum atomic E-state index is 5.77. The van der Waals surface area contributed by atoms with E-state index < -0.39 is 0 Å². The van der Waals surface area contributed by atoms with E-state index in [1.54, 1.807) is 6.26 Å². The third-order valence-electron chi connectivity index (χ3n) is 1.87. The fourth-order valence-electron chi connectivity index (χ4n) is 1.22. The molecular weight excluding hydrogens is 184 g/mol. The summed E-state index contributed by atoms with van der Waals surface area (Å²) in [4.78, 5) is 0. The lowest BCUT2D eigenvalue weighted by atomic mass is 10.1. The van der Waals surface area contributed by atoms with Gasteiger partial charge in [-0.1, -0.05) is 23.7 Å². The number of rotatable bonds is 2. The highest BCUT2D eigenvalue weighted by atomic mass is 35.5. The van der Waals surface area contributed by atoms with Crippen LogP contribution in [0.2, 0.25) is 5.02 Å². The predicted molar refractivity (Wildman–Crippen MR) is 53.0 cm³/mol. The molecule has 2 heteroatoms. The summed E-state index contributed by atoms with van der Waals surface area (Å²) in [5, 5.41) is 0.767. The molecule has 1 heterocycles. The van der Waals surface area contributed by atoms with Crippen LogP contribution in [0, 0.1) is 0 Å². The van der Waals surface area contributed by atoms with Crippen LogP contribution in [0.1, 0.15) is 11.3 Å². The van der Waals surface area contributed by atoms with E-state index in [2.05, 4.69) is 0 Å². The Labute approximate surface area is 82.0 Å². The van der Waals surface area contributed by atoms with Crippen molar-refractivity contribution in [2.75, 3.05) is 0 Å². The standard InChI is InChI=1S/C11H9ClO/c12-10-5-3-9(4-6-10)8-11-2-1-7-13-11/h1-7H,8H2. The third-order valence-corrected chi connectivity index (χ3v) is 2.12. The molecule has 0 spiro atoms. The molecule has 0 saturated carbocycles. The summed E-state index contributed by atoms with van der Waals surface area (Å²) in [7, 11) is 0. The van der Waals surface area contributed by atoms with E-state index in [0.717, 1.165) is 17.2 Å². The molecule has 0 atom stereocenters. The van der Waals surface area contributed by atoms with Gasteiger partial charge in [0, 0.05) is 11.4 Å². The normalized spacial score (nSPS) is 10.2. The van der Waals surface area contributed by atoms with Crippen molar-refractivity contribution in [2.45, 2.75) is 6.42 Å². The van der Waals surface area contributed by atoms with Gasteiger partial charge in [0.1, 0.15) is 5.76 Å². The lowest BCUT2D eigenvalue weighted by Gasteiger charge is -1.97. The van der Waals surface area contributed by atoms with E-state index in [9.17, 15) is 0 Å². The van der Waals surface area contributed by atoms with E-state index >= 15 is 0 Å². The van der Waals surface area contributed by atoms with Gasteiger partial charge in [-0.15, -0.1) is 0 Å². The van der Waals surface area contributed by atoms with Crippen molar-refractivity contribution in [1.82, 2.24) is 0 Å². The van der Waals surface area contributed by atoms with Gasteiger partial charge >= 0.3 is 0 Å². The third kappa shape index (κ3) is 2.13. The van der Waals surface area contributed by atoms with Crippen molar-refractivity contribution < 1.29 is 4.42 Å². The first-order valence-electron chi connectivity index (χ1n) is 4.11. The molecule has 0 bridgehead atoms. The van der Waals surface area contributed by atoms with Crippen LogP contribution >= 0.6 is 11.6 Å². The molecular formula is C11H9ClO. The molecule has 0 aliphatic heterocycles. The topological polar surface area (TPSA) is 13.1 Å². The molecule has 0 aliphatic carbocycles. The van der Waals surface area contributed by atoms with Gasteiger partial charge in [0.05, 0.1) is 6.26 Å². The smallest absolute Gasteiger partial charge is 0.108 e. The molecule has 66 valence electrons. The lowest BCUT2D eigenvalue weighted by molar-refractivity contribution is 0.521. The molecule has 2 rings (SSSR count). The molecule has 0 N–H and O–H groups in total. The van der Waals surface area contributed by atoms with E-state index in [-0.39, 0.29) is 0 Å². The minimum Gasteiger partial charge on any atom is -0.469 e. The van der Waals surface area contributed by atoms with Crippen LogP contribution in [0.4, 0.5) is 0 Å². The van der Waals surface area contributed by atoms with Crippen LogP contribution in [0.15, 0.2) is 47.1 Å². The first kappa shape index (κ1) is 8.39. The number of furan rings is 1. The van der Waals surface area contributed by atoms with Crippen LogP contribution in [0.3, 0.4) is 0 Å². The fourth-order valence-corrected chi connectivity index (χ4v) is 1.34. The minimum atomic E-state index is 0.767. The second-order valence-electron chi connectivity index (χ2n) is 2.88. The average Bonchev–Trinajstić information content (AvgIpc) is 2.62. The molecule has 0 radical (unpaired) electrons. The van der Waals surface area contributed by atoms with E-state index in [4.69, 9.17) is 16.0 Å². The molecule has 2 aromatic rings. The Morgan fingerprint density at radius 1 is 1.08 bits per heavy atom. The number of hydrogen-bond donors (Lipinski definition) is 0. The summed E-state index contributed by atoms with van der Waals surface area (Å²) >= 11 is 5.77. The van der Waals surface area contributed by atoms with Crippen molar-refractivity contribution in [3.63, 3.8) is 0 Å². The van der Waals surface area contributed by atoms with Crippen LogP contribution in [0.25, 0.3) is 0 Å². The highest BCUT2D eigenvalue weighted by Crippen LogP contribution is 2.13. The van der Waals surface area contributed by atoms with Gasteiger partial charge in [0.2, 0.25) is 0 Å². The van der Waals surface area contributed by atoms with Gasteiger partial charge in [-0.2, -0.15) is 0 Å². The molecule has 13 heavy (non-hydrogen) atoms. The Bertz CT molecular complexity index is 361. The van der Waals surface area contributed by atoms with E-state index in [1.165, 1.54) is 5.56 Å². The summed E-state index contributed by atoms with van der Waals surface area (Å²) in [5.41, 5.74) is 1.21. The molecule has 0 aliphatic rings. The van der Waals surface area contributed by atoms with Gasteiger partial charge in [0.25, 0.3) is 0 Å². The van der Waals surface area contributed by atoms with Gasteiger partial charge in [-0.3, -0.25) is 0 Å². The zero-order valence-electron chi connectivity index (χ0n) is 7.03. The Kier molecular flexibility index (Phi) is 2.37. The Balaban J connectivity index is 2.15. The zero-order chi connectivity index (χ0) is 9.10. The van der Waals surface area contributed by atoms with Crippen molar-refractivity contribution in [1.29, 1.82) is 0 Å². The second kappa shape index (κ2) is 3.67. The van der Waals surface area contributed by atoms with Crippen molar-refractivity contribution in [3.8, 4) is 0 Å². The zero-order valence-corrected chi connectivity index (χ0v) is 7.79. The molecule has 1 aromatic carbocycles. The Morgan fingerprint density at radius 2 is 1.85 bits per heavy atom. The summed E-state index contributed by atoms with van der Waals surface area (Å²) in [6, 6.07) is 11.6. The predicted octanol–water partition coefficient (Wildman–Crippen LogP) is 3.52. The Hall–Kier alpha value is -1.21. The van der Waals surface area contributed by atoms with Crippen LogP contribution in [-0.4, -0.2) is 0 Å². The number of halogens is 1. The van der Waals surface area contributed by atoms with Gasteiger partial charge in [0.15, 0.2) is 0 Å². The van der Waals surface area contributed by atoms with Crippen molar-refractivity contribution >= 4 is 11.6 Å². The second-order valence-corrected chi connectivity index (χ2v) is 3.32. The van der Waals surface area contributed by atoms with Gasteiger partial charge < -0.3 is 4.42 Å². The molecule has 0 unspecified atom stereocenters. The number of benzene rings is 1. The maximum Gasteiger partial charge on any atom is 0.108 e. The van der Waals surface area contributed by atoms with Crippen LogP contribution in [0.5, 0.6) is 0 Å². The summed E-state index contributed by atoms with van der Waals surface area (Å²) in [6.45, 7) is 0.